The van der Waals surface area contributed by atoms with Crippen LogP contribution in [0.4, 0.5) is 0 Å². The van der Waals surface area contributed by atoms with E-state index in [-0.39, 0.29) is 0 Å². The molecule has 1 N–H and O–H groups in total. The minimum absolute atomic E-state index is 0.527. The Morgan fingerprint density at radius 3 is 2.65 bits per heavy atom. The number of aliphatic imine (C=N–C) groups is 1. The lowest BCUT2D eigenvalue weighted by Crippen LogP contribution is -2.16. The van der Waals surface area contributed by atoms with Crippen molar-refractivity contribution in [3.05, 3.63) is 60.4 Å². The third kappa shape index (κ3) is 4.55. The van der Waals surface area contributed by atoms with E-state index in [1.807, 2.05) is 43.5 Å². The molecule has 0 aliphatic heterocycles. The first-order valence-electron chi connectivity index (χ1n) is 5.45. The van der Waals surface area contributed by atoms with E-state index in [1.165, 1.54) is 0 Å². The number of rotatable bonds is 5. The molecule has 0 unspecified atom stereocenters. The maximum Gasteiger partial charge on any atom is 0.124 e. The van der Waals surface area contributed by atoms with E-state index in [2.05, 4.69) is 16.9 Å². The molecule has 1 aromatic rings. The van der Waals surface area contributed by atoms with Gasteiger partial charge in [0.15, 0.2) is 0 Å². The minimum Gasteiger partial charge on any atom is -0.489 e. The fraction of sp³-hybridized carbons (Fsp3) is 0.214. The summed E-state index contributed by atoms with van der Waals surface area (Å²) in [4.78, 5) is 4.05. The molecule has 0 atom stereocenters. The van der Waals surface area contributed by atoms with Crippen LogP contribution in [-0.4, -0.2) is 19.9 Å². The Balaban J connectivity index is 2.62. The van der Waals surface area contributed by atoms with Crippen molar-refractivity contribution in [1.29, 1.82) is 0 Å². The topological polar surface area (TPSA) is 33.6 Å². The Kier molecular flexibility index (Phi) is 5.58. The van der Waals surface area contributed by atoms with Crippen molar-refractivity contribution in [2.75, 3.05) is 14.1 Å². The van der Waals surface area contributed by atoms with Gasteiger partial charge in [0.25, 0.3) is 0 Å². The number of nitrogens with zero attached hydrogens (tertiary/aromatic N) is 1. The maximum atomic E-state index is 5.63. The van der Waals surface area contributed by atoms with Gasteiger partial charge >= 0.3 is 0 Å². The van der Waals surface area contributed by atoms with Crippen LogP contribution in [-0.2, 0) is 11.3 Å². The molecule has 0 amide bonds. The van der Waals surface area contributed by atoms with Crippen LogP contribution in [0.2, 0.25) is 0 Å². The first-order valence-corrected chi connectivity index (χ1v) is 5.45. The normalized spacial score (nSPS) is 12.1. The molecule has 3 heteroatoms. The number of ether oxygens (including phenoxy) is 1. The number of likely N-dealkylation sites (N-methyl/N-ethyl adjacent to an activating group) is 1. The van der Waals surface area contributed by atoms with Gasteiger partial charge in [-0.05, 0) is 11.6 Å². The zero-order valence-corrected chi connectivity index (χ0v) is 10.3. The van der Waals surface area contributed by atoms with Gasteiger partial charge in [0.05, 0.1) is 0 Å². The van der Waals surface area contributed by atoms with Crippen LogP contribution < -0.4 is 5.32 Å². The average Bonchev–Trinajstić information content (AvgIpc) is 2.40. The number of nitrogens with one attached hydrogen (secondary N) is 1. The third-order valence-electron chi connectivity index (χ3n) is 2.23. The molecule has 17 heavy (non-hydrogen) atoms. The summed E-state index contributed by atoms with van der Waals surface area (Å²) in [6, 6.07) is 10.0. The molecule has 0 aliphatic carbocycles. The highest BCUT2D eigenvalue weighted by molar-refractivity contribution is 5.93. The van der Waals surface area contributed by atoms with Crippen molar-refractivity contribution in [3.63, 3.8) is 0 Å². The average molecular weight is 230 g/mol. The second-order valence-electron chi connectivity index (χ2n) is 3.38. The Morgan fingerprint density at radius 1 is 1.41 bits per heavy atom. The summed E-state index contributed by atoms with van der Waals surface area (Å²) < 4.78 is 5.63. The molecule has 0 bridgehead atoms. The van der Waals surface area contributed by atoms with Crippen molar-refractivity contribution in [2.45, 2.75) is 6.61 Å². The lowest BCUT2D eigenvalue weighted by molar-refractivity contribution is 0.211. The lowest BCUT2D eigenvalue weighted by Gasteiger charge is -2.07. The summed E-state index contributed by atoms with van der Waals surface area (Å²) in [6.07, 6.45) is 3.49. The number of hydrogen-bond donors (Lipinski definition) is 1. The SMILES string of the molecule is C=C/C(=C\C(=NC)NC)OCc1ccccc1. The Bertz CT molecular complexity index is 407. The molecule has 0 spiro atoms. The summed E-state index contributed by atoms with van der Waals surface area (Å²) >= 11 is 0. The van der Waals surface area contributed by atoms with Crippen LogP contribution in [0.25, 0.3) is 0 Å². The van der Waals surface area contributed by atoms with Crippen molar-refractivity contribution >= 4 is 5.84 Å². The van der Waals surface area contributed by atoms with E-state index in [0.717, 1.165) is 11.4 Å². The summed E-state index contributed by atoms with van der Waals surface area (Å²) in [7, 11) is 3.54. The van der Waals surface area contributed by atoms with Crippen LogP contribution in [0.3, 0.4) is 0 Å². The predicted molar refractivity (Wildman–Crippen MR) is 71.9 cm³/mol. The quantitative estimate of drug-likeness (QED) is 0.365. The largest absolute Gasteiger partial charge is 0.489 e. The highest BCUT2D eigenvalue weighted by Crippen LogP contribution is 2.06. The molecular weight excluding hydrogens is 212 g/mol. The smallest absolute Gasteiger partial charge is 0.124 e. The van der Waals surface area contributed by atoms with Gasteiger partial charge in [0.1, 0.15) is 18.2 Å². The molecule has 1 aromatic carbocycles. The van der Waals surface area contributed by atoms with E-state index < -0.39 is 0 Å². The van der Waals surface area contributed by atoms with Crippen LogP contribution in [0, 0.1) is 0 Å². The highest BCUT2D eigenvalue weighted by Gasteiger charge is 1.97. The third-order valence-corrected chi connectivity index (χ3v) is 2.23. The lowest BCUT2D eigenvalue weighted by atomic mass is 10.2. The molecule has 0 radical (unpaired) electrons. The first-order chi connectivity index (χ1) is 8.30. The van der Waals surface area contributed by atoms with Gasteiger partial charge in [-0.25, -0.2) is 0 Å². The molecule has 3 nitrogen and oxygen atoms in total. The van der Waals surface area contributed by atoms with Gasteiger partial charge < -0.3 is 10.1 Å². The monoisotopic (exact) mass is 230 g/mol. The molecule has 0 aliphatic rings. The fourth-order valence-electron chi connectivity index (χ4n) is 1.28. The first kappa shape index (κ1) is 13.0. The van der Waals surface area contributed by atoms with Gasteiger partial charge in [0, 0.05) is 20.2 Å². The van der Waals surface area contributed by atoms with Crippen LogP contribution >= 0.6 is 0 Å². The van der Waals surface area contributed by atoms with Crippen molar-refractivity contribution in [2.24, 2.45) is 4.99 Å². The molecule has 0 saturated carbocycles. The zero-order chi connectivity index (χ0) is 12.5. The van der Waals surface area contributed by atoms with E-state index in [4.69, 9.17) is 4.74 Å². The Hall–Kier alpha value is -2.03. The molecule has 1 rings (SSSR count). The van der Waals surface area contributed by atoms with Crippen LogP contribution in [0.5, 0.6) is 0 Å². The minimum atomic E-state index is 0.527. The second kappa shape index (κ2) is 7.28. The summed E-state index contributed by atoms with van der Waals surface area (Å²) in [5.41, 5.74) is 1.12. The van der Waals surface area contributed by atoms with Gasteiger partial charge in [-0.1, -0.05) is 36.9 Å². The maximum absolute atomic E-state index is 5.63. The van der Waals surface area contributed by atoms with E-state index in [0.29, 0.717) is 12.4 Å². The molecule has 0 saturated heterocycles. The van der Waals surface area contributed by atoms with E-state index in [9.17, 15) is 0 Å². The summed E-state index contributed by atoms with van der Waals surface area (Å²) in [5.74, 6) is 1.46. The number of hydrogen-bond acceptors (Lipinski definition) is 2. The highest BCUT2D eigenvalue weighted by atomic mass is 16.5. The number of allylic oxidation sites excluding steroid dienone is 1. The van der Waals surface area contributed by atoms with Gasteiger partial charge in [-0.15, -0.1) is 0 Å². The standard InChI is InChI=1S/C14H18N2O/c1-4-13(10-14(15-2)16-3)17-11-12-8-6-5-7-9-12/h4-10H,1,11H2,2-3H3,(H,15,16)/b13-10+. The molecular formula is C14H18N2O. The number of benzene rings is 1. The van der Waals surface area contributed by atoms with Gasteiger partial charge in [-0.3, -0.25) is 4.99 Å². The predicted octanol–water partition coefficient (Wildman–Crippen LogP) is 2.52. The summed E-state index contributed by atoms with van der Waals surface area (Å²) in [5, 5.41) is 2.96. The van der Waals surface area contributed by atoms with Crippen molar-refractivity contribution in [3.8, 4) is 0 Å². The van der Waals surface area contributed by atoms with E-state index in [1.54, 1.807) is 13.1 Å². The number of amidine groups is 1. The second-order valence-corrected chi connectivity index (χ2v) is 3.38. The van der Waals surface area contributed by atoms with Crippen LogP contribution in [0.15, 0.2) is 59.8 Å². The van der Waals surface area contributed by atoms with Gasteiger partial charge in [-0.2, -0.15) is 0 Å². The zero-order valence-electron chi connectivity index (χ0n) is 10.3. The van der Waals surface area contributed by atoms with Crippen LogP contribution in [0.1, 0.15) is 5.56 Å². The van der Waals surface area contributed by atoms with E-state index >= 15 is 0 Å². The molecule has 0 fully saturated rings. The molecule has 0 aromatic heterocycles. The molecule has 90 valence electrons. The molecule has 0 heterocycles. The van der Waals surface area contributed by atoms with Gasteiger partial charge in [0.2, 0.25) is 0 Å². The summed E-state index contributed by atoms with van der Waals surface area (Å²) in [6.45, 7) is 4.25. The Labute approximate surface area is 103 Å². The Morgan fingerprint density at radius 2 is 2.12 bits per heavy atom. The van der Waals surface area contributed by atoms with Crippen molar-refractivity contribution < 1.29 is 4.74 Å². The fourth-order valence-corrected chi connectivity index (χ4v) is 1.28. The van der Waals surface area contributed by atoms with Crippen molar-refractivity contribution in [1.82, 2.24) is 5.32 Å².